The normalized spacial score (nSPS) is 17.6. The first kappa shape index (κ1) is 22.9. The van der Waals surface area contributed by atoms with Crippen molar-refractivity contribution in [3.63, 3.8) is 0 Å². The van der Waals surface area contributed by atoms with Gasteiger partial charge in [-0.3, -0.25) is 4.79 Å². The molecule has 1 aromatic rings. The van der Waals surface area contributed by atoms with E-state index in [9.17, 15) is 13.2 Å². The van der Waals surface area contributed by atoms with E-state index in [2.05, 4.69) is 5.32 Å². The summed E-state index contributed by atoms with van der Waals surface area (Å²) in [4.78, 5) is 12.7. The topological polar surface area (TPSA) is 92.5 Å². The summed E-state index contributed by atoms with van der Waals surface area (Å²) in [5, 5.41) is 2.96. The maximum absolute atomic E-state index is 12.5. The number of nitrogens with one attached hydrogen (secondary N) is 1. The lowest BCUT2D eigenvalue weighted by atomic mass is 9.97. The highest BCUT2D eigenvalue weighted by atomic mass is 35.5. The van der Waals surface area contributed by atoms with Gasteiger partial charge in [0.15, 0.2) is 0 Å². The molecule has 0 aliphatic heterocycles. The lowest BCUT2D eigenvalue weighted by Crippen LogP contribution is -2.52. The summed E-state index contributed by atoms with van der Waals surface area (Å²) in [6.07, 6.45) is 3.39. The van der Waals surface area contributed by atoms with Crippen molar-refractivity contribution in [3.8, 4) is 0 Å². The molecule has 6 nitrogen and oxygen atoms in total. The van der Waals surface area contributed by atoms with Crippen molar-refractivity contribution in [2.75, 3.05) is 13.1 Å². The molecule has 8 heteroatoms. The highest BCUT2D eigenvalue weighted by Crippen LogP contribution is 2.28. The maximum Gasteiger partial charge on any atom is 0.243 e. The minimum Gasteiger partial charge on any atom is -0.348 e. The van der Waals surface area contributed by atoms with E-state index in [0.29, 0.717) is 25.9 Å². The summed E-state index contributed by atoms with van der Waals surface area (Å²) in [5.41, 5.74) is 6.27. The zero-order valence-corrected chi connectivity index (χ0v) is 17.3. The molecular weight excluding hydrogens is 374 g/mol. The van der Waals surface area contributed by atoms with Crippen LogP contribution in [0.5, 0.6) is 0 Å². The number of carbonyl (C=O) groups excluding carboxylic acids is 1. The largest absolute Gasteiger partial charge is 0.348 e. The zero-order valence-electron chi connectivity index (χ0n) is 15.7. The molecule has 148 valence electrons. The first-order chi connectivity index (χ1) is 11.7. The number of hydrogen-bond donors (Lipinski definition) is 2. The molecule has 0 bridgehead atoms. The number of carbonyl (C=O) groups is 1. The lowest BCUT2D eigenvalue weighted by Gasteiger charge is -2.25. The van der Waals surface area contributed by atoms with Crippen molar-refractivity contribution >= 4 is 28.3 Å². The van der Waals surface area contributed by atoms with Crippen LogP contribution in [-0.2, 0) is 14.8 Å². The Balaban J connectivity index is 0.00000338. The fourth-order valence-corrected chi connectivity index (χ4v) is 4.76. The minimum absolute atomic E-state index is 0. The molecule has 1 aliphatic carbocycles. The molecule has 1 saturated carbocycles. The summed E-state index contributed by atoms with van der Waals surface area (Å²) in [7, 11) is -3.46. The van der Waals surface area contributed by atoms with Gasteiger partial charge in [-0.25, -0.2) is 8.42 Å². The number of amides is 1. The molecule has 3 N–H and O–H groups in total. The van der Waals surface area contributed by atoms with Crippen LogP contribution >= 0.6 is 12.4 Å². The average molecular weight is 404 g/mol. The average Bonchev–Trinajstić information content (AvgIpc) is 3.04. The second-order valence-corrected chi connectivity index (χ2v) is 8.65. The predicted octanol–water partition coefficient (Wildman–Crippen LogP) is 2.59. The Bertz CT molecular complexity index is 697. The van der Waals surface area contributed by atoms with Crippen LogP contribution in [0.15, 0.2) is 29.2 Å². The van der Waals surface area contributed by atoms with Crippen LogP contribution in [0.25, 0.3) is 0 Å². The highest BCUT2D eigenvalue weighted by Gasteiger charge is 2.37. The number of nitrogens with zero attached hydrogens (tertiary/aromatic N) is 1. The predicted molar refractivity (Wildman–Crippen MR) is 106 cm³/mol. The van der Waals surface area contributed by atoms with Gasteiger partial charge in [-0.1, -0.05) is 38.8 Å². The van der Waals surface area contributed by atoms with Crippen LogP contribution in [0, 0.1) is 0 Å². The molecule has 0 radical (unpaired) electrons. The van der Waals surface area contributed by atoms with E-state index >= 15 is 0 Å². The van der Waals surface area contributed by atoms with E-state index in [1.54, 1.807) is 24.3 Å². The van der Waals surface area contributed by atoms with Gasteiger partial charge in [-0.15, -0.1) is 12.4 Å². The quantitative estimate of drug-likeness (QED) is 0.731. The van der Waals surface area contributed by atoms with E-state index < -0.39 is 15.6 Å². The molecule has 1 fully saturated rings. The minimum atomic E-state index is -3.46. The Morgan fingerprint density at radius 1 is 1.19 bits per heavy atom. The van der Waals surface area contributed by atoms with Crippen LogP contribution in [0.3, 0.4) is 0 Å². The van der Waals surface area contributed by atoms with E-state index in [0.717, 1.165) is 18.4 Å². The van der Waals surface area contributed by atoms with Crippen molar-refractivity contribution in [1.29, 1.82) is 0 Å². The summed E-state index contributed by atoms with van der Waals surface area (Å²) >= 11 is 0. The van der Waals surface area contributed by atoms with E-state index in [1.165, 1.54) is 4.31 Å². The molecule has 2 rings (SSSR count). The van der Waals surface area contributed by atoms with Crippen LogP contribution in [0.4, 0.5) is 0 Å². The monoisotopic (exact) mass is 403 g/mol. The van der Waals surface area contributed by atoms with Gasteiger partial charge in [0.05, 0.1) is 16.5 Å². The van der Waals surface area contributed by atoms with Gasteiger partial charge < -0.3 is 11.1 Å². The van der Waals surface area contributed by atoms with Gasteiger partial charge >= 0.3 is 0 Å². The fourth-order valence-electron chi connectivity index (χ4n) is 3.30. The third kappa shape index (κ3) is 4.76. The van der Waals surface area contributed by atoms with Crippen molar-refractivity contribution in [2.45, 2.75) is 62.9 Å². The third-order valence-corrected chi connectivity index (χ3v) is 7.08. The van der Waals surface area contributed by atoms with Gasteiger partial charge in [0.1, 0.15) is 0 Å². The summed E-state index contributed by atoms with van der Waals surface area (Å²) in [6, 6.07) is 6.47. The molecule has 1 atom stereocenters. The standard InChI is InChI=1S/C18H29N3O3S.ClH/c1-4-21(5-2)25(23,24)16-10-8-15(9-11-16)14(3)20-17(22)18(19)12-6-7-13-18;/h8-11,14H,4-7,12-13,19H2,1-3H3,(H,20,22);1H. The number of sulfonamides is 1. The molecule has 0 heterocycles. The zero-order chi connectivity index (χ0) is 18.7. The van der Waals surface area contributed by atoms with Gasteiger partial charge in [0, 0.05) is 13.1 Å². The van der Waals surface area contributed by atoms with Gasteiger partial charge in [-0.05, 0) is 37.5 Å². The number of hydrogen-bond acceptors (Lipinski definition) is 4. The Hall–Kier alpha value is -1.15. The highest BCUT2D eigenvalue weighted by molar-refractivity contribution is 7.89. The van der Waals surface area contributed by atoms with Crippen molar-refractivity contribution in [1.82, 2.24) is 9.62 Å². The molecule has 1 amide bonds. The third-order valence-electron chi connectivity index (χ3n) is 5.02. The number of halogens is 1. The molecule has 1 unspecified atom stereocenters. The Morgan fingerprint density at radius 3 is 2.15 bits per heavy atom. The maximum atomic E-state index is 12.5. The van der Waals surface area contributed by atoms with Gasteiger partial charge in [-0.2, -0.15) is 4.31 Å². The summed E-state index contributed by atoms with van der Waals surface area (Å²) < 4.78 is 26.4. The van der Waals surface area contributed by atoms with Gasteiger partial charge in [0.25, 0.3) is 0 Å². The van der Waals surface area contributed by atoms with Crippen molar-refractivity contribution in [2.24, 2.45) is 5.73 Å². The molecule has 0 aromatic heterocycles. The van der Waals surface area contributed by atoms with Crippen molar-refractivity contribution < 1.29 is 13.2 Å². The van der Waals surface area contributed by atoms with E-state index in [-0.39, 0.29) is 29.3 Å². The number of nitrogens with two attached hydrogens (primary N) is 1. The smallest absolute Gasteiger partial charge is 0.243 e. The lowest BCUT2D eigenvalue weighted by molar-refractivity contribution is -0.126. The van der Waals surface area contributed by atoms with Gasteiger partial charge in [0.2, 0.25) is 15.9 Å². The van der Waals surface area contributed by atoms with Crippen LogP contribution in [0.2, 0.25) is 0 Å². The van der Waals surface area contributed by atoms with Crippen molar-refractivity contribution in [3.05, 3.63) is 29.8 Å². The molecule has 26 heavy (non-hydrogen) atoms. The number of benzene rings is 1. The summed E-state index contributed by atoms with van der Waals surface area (Å²) in [5.74, 6) is -0.127. The van der Waals surface area contributed by atoms with Crippen LogP contribution in [-0.4, -0.2) is 37.3 Å². The van der Waals surface area contributed by atoms with E-state index in [1.807, 2.05) is 20.8 Å². The Morgan fingerprint density at radius 2 is 1.69 bits per heavy atom. The number of rotatable bonds is 7. The first-order valence-corrected chi connectivity index (χ1v) is 10.4. The molecular formula is C18H30ClN3O3S. The second-order valence-electron chi connectivity index (χ2n) is 6.72. The molecule has 0 saturated heterocycles. The fraction of sp³-hybridized carbons (Fsp3) is 0.611. The van der Waals surface area contributed by atoms with Crippen LogP contribution < -0.4 is 11.1 Å². The van der Waals surface area contributed by atoms with Crippen LogP contribution in [0.1, 0.15) is 58.1 Å². The molecule has 0 spiro atoms. The SMILES string of the molecule is CCN(CC)S(=O)(=O)c1ccc(C(C)NC(=O)C2(N)CCCC2)cc1.Cl. The molecule has 1 aliphatic rings. The Labute approximate surface area is 163 Å². The molecule has 1 aromatic carbocycles. The second kappa shape index (κ2) is 9.17. The van der Waals surface area contributed by atoms with E-state index in [4.69, 9.17) is 5.73 Å². The Kier molecular flexibility index (Phi) is 8.07. The summed E-state index contributed by atoms with van der Waals surface area (Å²) in [6.45, 7) is 6.39. The first-order valence-electron chi connectivity index (χ1n) is 8.94.